The number of nitrogens with zero attached hydrogens (tertiary/aromatic N) is 1. The Bertz CT molecular complexity index is 732. The van der Waals surface area contributed by atoms with Crippen LogP contribution in [0.2, 0.25) is 0 Å². The molecule has 0 aliphatic carbocycles. The van der Waals surface area contributed by atoms with Crippen LogP contribution in [0.15, 0.2) is 24.3 Å². The molecule has 1 heterocycles. The minimum Gasteiger partial charge on any atom is -0.463 e. The molecule has 2 rings (SSSR count). The van der Waals surface area contributed by atoms with Gasteiger partial charge >= 0.3 is 0 Å². The highest BCUT2D eigenvalue weighted by molar-refractivity contribution is 6.03. The first-order chi connectivity index (χ1) is 13.8. The van der Waals surface area contributed by atoms with E-state index < -0.39 is 0 Å². The van der Waals surface area contributed by atoms with Crippen molar-refractivity contribution >= 4 is 29.8 Å². The molecule has 1 fully saturated rings. The van der Waals surface area contributed by atoms with Gasteiger partial charge in [-0.2, -0.15) is 0 Å². The molecular weight excluding hydrogens is 374 g/mol. The summed E-state index contributed by atoms with van der Waals surface area (Å²) in [6, 6.07) is 7.05. The summed E-state index contributed by atoms with van der Waals surface area (Å²) in [4.78, 5) is 47.9. The Labute approximate surface area is 171 Å². The van der Waals surface area contributed by atoms with Crippen molar-refractivity contribution in [2.24, 2.45) is 11.8 Å². The maximum absolute atomic E-state index is 12.6. The Hall–Kier alpha value is -2.74. The highest BCUT2D eigenvalue weighted by Gasteiger charge is 2.35. The number of carbonyl (C=O) groups excluding carboxylic acids is 4. The van der Waals surface area contributed by atoms with Crippen LogP contribution in [0.5, 0.6) is 0 Å². The average molecular weight is 403 g/mol. The molecule has 8 nitrogen and oxygen atoms in total. The number of hydrogen-bond donors (Lipinski definition) is 2. The second kappa shape index (κ2) is 10.7. The molecule has 29 heavy (non-hydrogen) atoms. The molecule has 2 atom stereocenters. The molecule has 1 aromatic carbocycles. The van der Waals surface area contributed by atoms with E-state index in [1.165, 1.54) is 4.90 Å². The summed E-state index contributed by atoms with van der Waals surface area (Å²) in [7, 11) is 0. The van der Waals surface area contributed by atoms with E-state index in [0.29, 0.717) is 13.1 Å². The van der Waals surface area contributed by atoms with Gasteiger partial charge in [-0.25, -0.2) is 0 Å². The molecule has 1 unspecified atom stereocenters. The largest absolute Gasteiger partial charge is 0.463 e. The molecule has 8 heteroatoms. The number of ether oxygens (including phenoxy) is 1. The zero-order valence-corrected chi connectivity index (χ0v) is 17.1. The number of ketones is 1. The second-order valence-corrected chi connectivity index (χ2v) is 7.59. The summed E-state index contributed by atoms with van der Waals surface area (Å²) >= 11 is 0. The fourth-order valence-electron chi connectivity index (χ4n) is 3.29. The molecule has 0 saturated carbocycles. The van der Waals surface area contributed by atoms with Crippen molar-refractivity contribution < 1.29 is 23.9 Å². The molecule has 0 spiro atoms. The van der Waals surface area contributed by atoms with Crippen LogP contribution in [0, 0.1) is 11.8 Å². The van der Waals surface area contributed by atoms with Crippen molar-refractivity contribution in [2.45, 2.75) is 46.3 Å². The lowest BCUT2D eigenvalue weighted by Crippen LogP contribution is -2.44. The monoisotopic (exact) mass is 403 g/mol. The van der Waals surface area contributed by atoms with Gasteiger partial charge in [0.15, 0.2) is 5.78 Å². The number of carbonyl (C=O) groups is 4. The maximum Gasteiger partial charge on any atom is 0.293 e. The molecule has 158 valence electrons. The van der Waals surface area contributed by atoms with Gasteiger partial charge in [0.05, 0.1) is 12.7 Å². The summed E-state index contributed by atoms with van der Waals surface area (Å²) in [6.07, 6.45) is 0.369. The van der Waals surface area contributed by atoms with E-state index in [2.05, 4.69) is 10.6 Å². The molecule has 1 aliphatic heterocycles. The third kappa shape index (κ3) is 6.39. The van der Waals surface area contributed by atoms with Gasteiger partial charge in [-0.3, -0.25) is 29.4 Å². The van der Waals surface area contributed by atoms with Crippen LogP contribution >= 0.6 is 0 Å². The van der Waals surface area contributed by atoms with Crippen molar-refractivity contribution in [1.29, 1.82) is 0 Å². The van der Waals surface area contributed by atoms with Gasteiger partial charge in [0.25, 0.3) is 6.47 Å². The summed E-state index contributed by atoms with van der Waals surface area (Å²) < 4.78 is 4.71. The smallest absolute Gasteiger partial charge is 0.293 e. The minimum atomic E-state index is -0.381. The van der Waals surface area contributed by atoms with E-state index in [4.69, 9.17) is 4.74 Å². The topological polar surface area (TPSA) is 105 Å². The fourth-order valence-corrected chi connectivity index (χ4v) is 3.29. The number of imide groups is 1. The van der Waals surface area contributed by atoms with Gasteiger partial charge < -0.3 is 10.1 Å². The minimum absolute atomic E-state index is 0.0247. The molecule has 1 saturated heterocycles. The van der Waals surface area contributed by atoms with E-state index in [-0.39, 0.29) is 61.5 Å². The second-order valence-electron chi connectivity index (χ2n) is 7.59. The number of hydrogen-bond acceptors (Lipinski definition) is 7. The van der Waals surface area contributed by atoms with Crippen molar-refractivity contribution in [2.75, 3.05) is 18.5 Å². The van der Waals surface area contributed by atoms with E-state index >= 15 is 0 Å². The third-order valence-corrected chi connectivity index (χ3v) is 4.95. The zero-order chi connectivity index (χ0) is 21.4. The number of Topliss-reactive ketones (excluding diaryl/α,β-unsaturated/α-hetero) is 1. The lowest BCUT2D eigenvalue weighted by Gasteiger charge is -2.23. The van der Waals surface area contributed by atoms with Crippen LogP contribution < -0.4 is 10.6 Å². The van der Waals surface area contributed by atoms with E-state index in [1.807, 2.05) is 38.1 Å². The van der Waals surface area contributed by atoms with Crippen molar-refractivity contribution in [3.8, 4) is 0 Å². The lowest BCUT2D eigenvalue weighted by molar-refractivity contribution is -0.139. The molecule has 1 aromatic rings. The SMILES string of the molecule is CC1CC(=O)N(CCC(=O)[C@@H](NCNc2ccc(COC=O)cc2)C(C)C)C1=O. The standard InChI is InChI=1S/C21H29N3O5/c1-14(2)20(18(26)8-9-24-19(27)10-15(3)21(24)28)23-12-22-17-6-4-16(5-7-17)11-29-13-25/h4-7,13-15,20,22-23H,8-12H2,1-3H3/t15?,20-/m0/s1. The van der Waals surface area contributed by atoms with Gasteiger partial charge in [-0.15, -0.1) is 0 Å². The van der Waals surface area contributed by atoms with Crippen LogP contribution in [0.4, 0.5) is 5.69 Å². The van der Waals surface area contributed by atoms with Gasteiger partial charge in [0, 0.05) is 31.0 Å². The predicted molar refractivity (Wildman–Crippen MR) is 108 cm³/mol. The summed E-state index contributed by atoms with van der Waals surface area (Å²) in [5.74, 6) is -0.648. The van der Waals surface area contributed by atoms with Crippen molar-refractivity contribution in [3.05, 3.63) is 29.8 Å². The first-order valence-corrected chi connectivity index (χ1v) is 9.81. The Morgan fingerprint density at radius 2 is 1.97 bits per heavy atom. The van der Waals surface area contributed by atoms with Gasteiger partial charge in [0.2, 0.25) is 11.8 Å². The zero-order valence-electron chi connectivity index (χ0n) is 17.1. The van der Waals surface area contributed by atoms with Gasteiger partial charge in [0.1, 0.15) is 6.61 Å². The molecule has 1 aliphatic rings. The van der Waals surface area contributed by atoms with E-state index in [1.54, 1.807) is 6.92 Å². The van der Waals surface area contributed by atoms with Crippen LogP contribution in [-0.2, 0) is 30.5 Å². The Kier molecular flexibility index (Phi) is 8.33. The van der Waals surface area contributed by atoms with Gasteiger partial charge in [-0.05, 0) is 23.6 Å². The van der Waals surface area contributed by atoms with E-state index in [0.717, 1.165) is 11.3 Å². The molecule has 2 amide bonds. The average Bonchev–Trinajstić information content (AvgIpc) is 2.93. The third-order valence-electron chi connectivity index (χ3n) is 4.95. The summed E-state index contributed by atoms with van der Waals surface area (Å²) in [6.45, 7) is 6.80. The van der Waals surface area contributed by atoms with Crippen LogP contribution in [0.3, 0.4) is 0 Å². The van der Waals surface area contributed by atoms with Crippen molar-refractivity contribution in [3.63, 3.8) is 0 Å². The lowest BCUT2D eigenvalue weighted by atomic mass is 9.98. The number of benzene rings is 1. The Morgan fingerprint density at radius 3 is 2.52 bits per heavy atom. The Balaban J connectivity index is 1.81. The molecule has 0 radical (unpaired) electrons. The first kappa shape index (κ1) is 22.5. The van der Waals surface area contributed by atoms with Crippen LogP contribution in [0.1, 0.15) is 39.2 Å². The number of rotatable bonds is 12. The van der Waals surface area contributed by atoms with Crippen LogP contribution in [-0.4, -0.2) is 48.2 Å². The normalized spacial score (nSPS) is 17.5. The fraction of sp³-hybridized carbons (Fsp3) is 0.524. The molecule has 0 aromatic heterocycles. The molecule has 2 N–H and O–H groups in total. The number of amides is 2. The highest BCUT2D eigenvalue weighted by Crippen LogP contribution is 2.19. The number of nitrogens with one attached hydrogen (secondary N) is 2. The maximum atomic E-state index is 12.6. The highest BCUT2D eigenvalue weighted by atomic mass is 16.5. The number of likely N-dealkylation sites (tertiary alicyclic amines) is 1. The molecular formula is C21H29N3O5. The first-order valence-electron chi connectivity index (χ1n) is 9.81. The van der Waals surface area contributed by atoms with Gasteiger partial charge in [-0.1, -0.05) is 32.9 Å². The quantitative estimate of drug-likeness (QED) is 0.311. The summed E-state index contributed by atoms with van der Waals surface area (Å²) in [5, 5.41) is 6.40. The molecule has 0 bridgehead atoms. The van der Waals surface area contributed by atoms with Crippen LogP contribution in [0.25, 0.3) is 0 Å². The van der Waals surface area contributed by atoms with Crippen molar-refractivity contribution in [1.82, 2.24) is 10.2 Å². The van der Waals surface area contributed by atoms with E-state index in [9.17, 15) is 19.2 Å². The number of anilines is 1. The predicted octanol–water partition coefficient (Wildman–Crippen LogP) is 1.70. The summed E-state index contributed by atoms with van der Waals surface area (Å²) in [5.41, 5.74) is 1.75. The Morgan fingerprint density at radius 1 is 1.28 bits per heavy atom.